The molecule has 0 bridgehead atoms. The molecule has 6 rings (SSSR count). The van der Waals surface area contributed by atoms with E-state index in [9.17, 15) is 4.79 Å². The largest absolute Gasteiger partial charge is 0.497 e. The second kappa shape index (κ2) is 7.78. The summed E-state index contributed by atoms with van der Waals surface area (Å²) in [5.74, 6) is 1.32. The number of carbonyl (C=O) groups excluding carboxylic acids is 1. The van der Waals surface area contributed by atoms with Crippen molar-refractivity contribution in [1.82, 2.24) is 5.01 Å². The number of fused-ring (bicyclic) bond motifs is 4. The predicted molar refractivity (Wildman–Crippen MR) is 128 cm³/mol. The molecule has 4 aromatic carbocycles. The number of hydrogen-bond donors (Lipinski definition) is 0. The maximum Gasteiger partial charge on any atom is 0.251 e. The predicted octanol–water partition coefficient (Wildman–Crippen LogP) is 5.60. The Morgan fingerprint density at radius 1 is 0.939 bits per heavy atom. The van der Waals surface area contributed by atoms with Crippen molar-refractivity contribution in [1.29, 1.82) is 0 Å². The van der Waals surface area contributed by atoms with E-state index in [0.717, 1.165) is 22.6 Å². The molecule has 2 aliphatic heterocycles. The van der Waals surface area contributed by atoms with Crippen LogP contribution in [0, 0.1) is 0 Å². The standard InChI is InChI=1S/C28H22N2O3/c1-32-22-14-12-19(13-15-22)27(31)28-30-25(23-8-4-5-9-26(23)33-28)17-24(29-30)21-11-10-18-6-2-3-7-20(18)16-21/h2-16,25,28H,17H2,1H3/t25-,28-/m0/s1. The second-order valence-corrected chi connectivity index (χ2v) is 8.31. The van der Waals surface area contributed by atoms with Gasteiger partial charge in [-0.2, -0.15) is 5.10 Å². The van der Waals surface area contributed by atoms with E-state index in [2.05, 4.69) is 36.4 Å². The Kier molecular flexibility index (Phi) is 4.61. The molecular weight excluding hydrogens is 412 g/mol. The first kappa shape index (κ1) is 19.6. The Morgan fingerprint density at radius 3 is 2.52 bits per heavy atom. The number of Topliss-reactive ketones (excluding diaryl/α,β-unsaturated/α-hetero) is 1. The second-order valence-electron chi connectivity index (χ2n) is 8.31. The highest BCUT2D eigenvalue weighted by Gasteiger charge is 2.43. The highest BCUT2D eigenvalue weighted by Crippen LogP contribution is 2.43. The van der Waals surface area contributed by atoms with E-state index in [1.54, 1.807) is 31.4 Å². The van der Waals surface area contributed by atoms with Crippen LogP contribution in [-0.4, -0.2) is 29.8 Å². The van der Waals surface area contributed by atoms with Gasteiger partial charge >= 0.3 is 0 Å². The lowest BCUT2D eigenvalue weighted by Crippen LogP contribution is -2.45. The monoisotopic (exact) mass is 434 g/mol. The SMILES string of the molecule is COc1ccc(C(=O)[C@@H]2Oc3ccccc3[C@@H]3CC(c4ccc5ccccc5c4)=NN23)cc1. The van der Waals surface area contributed by atoms with Crippen molar-refractivity contribution in [2.75, 3.05) is 7.11 Å². The molecule has 2 aliphatic rings. The highest BCUT2D eigenvalue weighted by atomic mass is 16.5. The third-order valence-corrected chi connectivity index (χ3v) is 6.38. The van der Waals surface area contributed by atoms with Gasteiger partial charge in [0.1, 0.15) is 11.5 Å². The van der Waals surface area contributed by atoms with Gasteiger partial charge in [-0.15, -0.1) is 0 Å². The molecule has 0 fully saturated rings. The van der Waals surface area contributed by atoms with Gasteiger partial charge in [0, 0.05) is 17.5 Å². The summed E-state index contributed by atoms with van der Waals surface area (Å²) in [5.41, 5.74) is 3.64. The lowest BCUT2D eigenvalue weighted by molar-refractivity contribution is -0.00455. The average Bonchev–Trinajstić information content (AvgIpc) is 3.33. The third-order valence-electron chi connectivity index (χ3n) is 6.38. The summed E-state index contributed by atoms with van der Waals surface area (Å²) in [6.07, 6.45) is -0.110. The maximum atomic E-state index is 13.5. The van der Waals surface area contributed by atoms with E-state index in [-0.39, 0.29) is 11.8 Å². The Balaban J connectivity index is 1.40. The Labute approximate surface area is 191 Å². The fourth-order valence-corrected chi connectivity index (χ4v) is 4.65. The van der Waals surface area contributed by atoms with Crippen LogP contribution in [0.25, 0.3) is 10.8 Å². The zero-order valence-corrected chi connectivity index (χ0v) is 18.1. The van der Waals surface area contributed by atoms with Gasteiger partial charge in [-0.3, -0.25) is 4.79 Å². The first-order chi connectivity index (χ1) is 16.2. The van der Waals surface area contributed by atoms with Crippen LogP contribution in [0.4, 0.5) is 0 Å². The van der Waals surface area contributed by atoms with Crippen LogP contribution < -0.4 is 9.47 Å². The minimum absolute atomic E-state index is 0.0522. The van der Waals surface area contributed by atoms with E-state index in [1.165, 1.54) is 10.8 Å². The number of carbonyl (C=O) groups is 1. The minimum Gasteiger partial charge on any atom is -0.497 e. The van der Waals surface area contributed by atoms with Crippen molar-refractivity contribution in [3.8, 4) is 11.5 Å². The molecule has 5 nitrogen and oxygen atoms in total. The molecule has 0 spiro atoms. The van der Waals surface area contributed by atoms with E-state index < -0.39 is 6.23 Å². The lowest BCUT2D eigenvalue weighted by atomic mass is 9.95. The molecule has 162 valence electrons. The molecule has 0 saturated heterocycles. The number of rotatable bonds is 4. The van der Waals surface area contributed by atoms with Crippen molar-refractivity contribution < 1.29 is 14.3 Å². The van der Waals surface area contributed by atoms with Gasteiger partial charge in [0.25, 0.3) is 6.23 Å². The Bertz CT molecular complexity index is 1390. The number of ether oxygens (including phenoxy) is 2. The average molecular weight is 434 g/mol. The van der Waals surface area contributed by atoms with E-state index in [4.69, 9.17) is 14.6 Å². The minimum atomic E-state index is -0.823. The van der Waals surface area contributed by atoms with Crippen LogP contribution in [0.1, 0.15) is 33.9 Å². The van der Waals surface area contributed by atoms with Gasteiger partial charge in [-0.25, -0.2) is 5.01 Å². The first-order valence-corrected chi connectivity index (χ1v) is 11.0. The molecule has 0 saturated carbocycles. The summed E-state index contributed by atoms with van der Waals surface area (Å²) in [4.78, 5) is 13.5. The smallest absolute Gasteiger partial charge is 0.251 e. The summed E-state index contributed by atoms with van der Waals surface area (Å²) in [6.45, 7) is 0. The first-order valence-electron chi connectivity index (χ1n) is 11.0. The summed E-state index contributed by atoms with van der Waals surface area (Å²) in [7, 11) is 1.61. The van der Waals surface area contributed by atoms with Gasteiger partial charge < -0.3 is 9.47 Å². The van der Waals surface area contributed by atoms with Gasteiger partial charge in [0.2, 0.25) is 5.78 Å². The maximum absolute atomic E-state index is 13.5. The molecule has 0 N–H and O–H groups in total. The zero-order chi connectivity index (χ0) is 22.4. The third kappa shape index (κ3) is 3.33. The molecule has 0 aromatic heterocycles. The highest BCUT2D eigenvalue weighted by molar-refractivity contribution is 6.05. The van der Waals surface area contributed by atoms with Gasteiger partial charge in [0.05, 0.1) is 18.9 Å². The molecule has 2 heterocycles. The molecular formula is C28H22N2O3. The van der Waals surface area contributed by atoms with Crippen molar-refractivity contribution in [2.45, 2.75) is 18.7 Å². The van der Waals surface area contributed by atoms with Crippen LogP contribution in [0.5, 0.6) is 11.5 Å². The van der Waals surface area contributed by atoms with Gasteiger partial charge in [-0.1, -0.05) is 54.6 Å². The number of ketones is 1. The number of hydrazone groups is 1. The fourth-order valence-electron chi connectivity index (χ4n) is 4.65. The number of methoxy groups -OCH3 is 1. The van der Waals surface area contributed by atoms with Gasteiger partial charge in [0.15, 0.2) is 0 Å². The van der Waals surface area contributed by atoms with Crippen LogP contribution in [0.15, 0.2) is 96.1 Å². The molecule has 0 unspecified atom stereocenters. The molecule has 0 aliphatic carbocycles. The number of benzene rings is 4. The summed E-state index contributed by atoms with van der Waals surface area (Å²) in [6, 6.07) is 29.7. The molecule has 33 heavy (non-hydrogen) atoms. The van der Waals surface area contributed by atoms with Gasteiger partial charge in [-0.05, 0) is 52.7 Å². The summed E-state index contributed by atoms with van der Waals surface area (Å²) < 4.78 is 11.4. The van der Waals surface area contributed by atoms with Crippen molar-refractivity contribution in [3.05, 3.63) is 108 Å². The number of para-hydroxylation sites is 1. The van der Waals surface area contributed by atoms with Crippen molar-refractivity contribution in [2.24, 2.45) is 5.10 Å². The normalized spacial score (nSPS) is 18.8. The molecule has 2 atom stereocenters. The summed E-state index contributed by atoms with van der Waals surface area (Å²) >= 11 is 0. The van der Waals surface area contributed by atoms with Crippen LogP contribution >= 0.6 is 0 Å². The fraction of sp³-hybridized carbons (Fsp3) is 0.143. The Hall–Kier alpha value is -4.12. The summed E-state index contributed by atoms with van der Waals surface area (Å²) in [5, 5.41) is 9.12. The molecule has 0 amide bonds. The van der Waals surface area contributed by atoms with Crippen molar-refractivity contribution in [3.63, 3.8) is 0 Å². The topological polar surface area (TPSA) is 51.1 Å². The van der Waals surface area contributed by atoms with E-state index >= 15 is 0 Å². The quantitative estimate of drug-likeness (QED) is 0.392. The molecule has 5 heteroatoms. The lowest BCUT2D eigenvalue weighted by Gasteiger charge is -2.37. The van der Waals surface area contributed by atoms with Crippen LogP contribution in [0.3, 0.4) is 0 Å². The Morgan fingerprint density at radius 2 is 1.70 bits per heavy atom. The molecule has 0 radical (unpaired) electrons. The van der Waals surface area contributed by atoms with E-state index in [1.807, 2.05) is 35.3 Å². The molecule has 4 aromatic rings. The van der Waals surface area contributed by atoms with Crippen LogP contribution in [-0.2, 0) is 0 Å². The zero-order valence-electron chi connectivity index (χ0n) is 18.1. The van der Waals surface area contributed by atoms with Crippen molar-refractivity contribution >= 4 is 22.3 Å². The van der Waals surface area contributed by atoms with E-state index in [0.29, 0.717) is 17.7 Å². The van der Waals surface area contributed by atoms with Crippen LogP contribution in [0.2, 0.25) is 0 Å². The number of nitrogens with zero attached hydrogens (tertiary/aromatic N) is 2. The number of hydrogen-bond acceptors (Lipinski definition) is 5.